The third-order valence-electron chi connectivity index (χ3n) is 2.79. The Bertz CT molecular complexity index is 559. The van der Waals surface area contributed by atoms with E-state index in [2.05, 4.69) is 10.0 Å². The molecule has 4 N–H and O–H groups in total. The maximum atomic E-state index is 12.0. The summed E-state index contributed by atoms with van der Waals surface area (Å²) in [6.07, 6.45) is 0. The Hall–Kier alpha value is -1.60. The molecular formula is C12H19N3O3S. The van der Waals surface area contributed by atoms with Crippen LogP contribution in [0.2, 0.25) is 0 Å². The minimum Gasteiger partial charge on any atom is -0.398 e. The van der Waals surface area contributed by atoms with Crippen molar-refractivity contribution in [3.05, 3.63) is 23.3 Å². The minimum atomic E-state index is -3.73. The molecule has 0 radical (unpaired) electrons. The number of hydrogen-bond acceptors (Lipinski definition) is 4. The second kappa shape index (κ2) is 6.03. The summed E-state index contributed by atoms with van der Waals surface area (Å²) in [5, 5.41) is 2.51. The normalized spacial score (nSPS) is 11.3. The lowest BCUT2D eigenvalue weighted by molar-refractivity contribution is -0.119. The summed E-state index contributed by atoms with van der Waals surface area (Å²) in [5.41, 5.74) is 7.81. The molecule has 0 saturated carbocycles. The predicted octanol–water partition coefficient (Wildman–Crippen LogP) is 0.300. The van der Waals surface area contributed by atoms with E-state index in [0.717, 1.165) is 11.1 Å². The van der Waals surface area contributed by atoms with Gasteiger partial charge >= 0.3 is 0 Å². The molecule has 0 saturated heterocycles. The number of amides is 1. The predicted molar refractivity (Wildman–Crippen MR) is 74.2 cm³/mol. The summed E-state index contributed by atoms with van der Waals surface area (Å²) in [4.78, 5) is 11.3. The molecule has 0 aliphatic rings. The smallest absolute Gasteiger partial charge is 0.241 e. The maximum Gasteiger partial charge on any atom is 0.241 e. The Balaban J connectivity index is 2.92. The summed E-state index contributed by atoms with van der Waals surface area (Å²) in [7, 11) is -3.73. The van der Waals surface area contributed by atoms with Gasteiger partial charge in [-0.1, -0.05) is 0 Å². The second-order valence-corrected chi connectivity index (χ2v) is 6.00. The summed E-state index contributed by atoms with van der Waals surface area (Å²) in [5.74, 6) is -0.372. The Labute approximate surface area is 113 Å². The van der Waals surface area contributed by atoms with Crippen LogP contribution in [0, 0.1) is 13.8 Å². The highest BCUT2D eigenvalue weighted by molar-refractivity contribution is 7.89. The molecule has 1 amide bonds. The molecule has 0 fully saturated rings. The number of likely N-dealkylation sites (N-methyl/N-ethyl adjacent to an activating group) is 1. The van der Waals surface area contributed by atoms with Gasteiger partial charge < -0.3 is 11.1 Å². The van der Waals surface area contributed by atoms with Crippen LogP contribution in [-0.2, 0) is 14.8 Å². The van der Waals surface area contributed by atoms with Crippen LogP contribution in [0.3, 0.4) is 0 Å². The van der Waals surface area contributed by atoms with Crippen LogP contribution >= 0.6 is 0 Å². The third-order valence-corrected chi connectivity index (χ3v) is 4.17. The van der Waals surface area contributed by atoms with Crippen LogP contribution in [0.5, 0.6) is 0 Å². The molecule has 6 nitrogen and oxygen atoms in total. The van der Waals surface area contributed by atoms with Crippen molar-refractivity contribution < 1.29 is 13.2 Å². The molecule has 1 aromatic carbocycles. The lowest BCUT2D eigenvalue weighted by Crippen LogP contribution is -2.36. The van der Waals surface area contributed by atoms with Crippen molar-refractivity contribution in [2.75, 3.05) is 18.8 Å². The zero-order chi connectivity index (χ0) is 14.6. The molecule has 0 spiro atoms. The summed E-state index contributed by atoms with van der Waals surface area (Å²) in [6, 6.07) is 2.92. The van der Waals surface area contributed by atoms with E-state index in [1.165, 1.54) is 12.1 Å². The number of carbonyl (C=O) groups excluding carboxylic acids is 1. The van der Waals surface area contributed by atoms with Gasteiger partial charge in [0.15, 0.2) is 0 Å². The fourth-order valence-electron chi connectivity index (χ4n) is 1.51. The summed E-state index contributed by atoms with van der Waals surface area (Å²) in [6.45, 7) is 5.54. The molecule has 19 heavy (non-hydrogen) atoms. The van der Waals surface area contributed by atoms with E-state index in [4.69, 9.17) is 5.73 Å². The van der Waals surface area contributed by atoms with Crippen LogP contribution in [0.15, 0.2) is 17.0 Å². The highest BCUT2D eigenvalue weighted by Crippen LogP contribution is 2.21. The SMILES string of the molecule is CCNC(=O)CNS(=O)(=O)c1cc(C)c(C)c(N)c1. The van der Waals surface area contributed by atoms with Crippen LogP contribution in [0.4, 0.5) is 5.69 Å². The number of nitrogens with two attached hydrogens (primary N) is 1. The Morgan fingerprint density at radius 1 is 1.32 bits per heavy atom. The first-order chi connectivity index (χ1) is 8.77. The Morgan fingerprint density at radius 3 is 2.47 bits per heavy atom. The molecule has 0 aliphatic heterocycles. The van der Waals surface area contributed by atoms with E-state index in [9.17, 15) is 13.2 Å². The highest BCUT2D eigenvalue weighted by atomic mass is 32.2. The molecular weight excluding hydrogens is 266 g/mol. The molecule has 0 heterocycles. The number of sulfonamides is 1. The van der Waals surface area contributed by atoms with Crippen molar-refractivity contribution in [3.8, 4) is 0 Å². The molecule has 0 aliphatic carbocycles. The van der Waals surface area contributed by atoms with Crippen LogP contribution < -0.4 is 15.8 Å². The van der Waals surface area contributed by atoms with Gasteiger partial charge in [0.25, 0.3) is 0 Å². The topological polar surface area (TPSA) is 101 Å². The summed E-state index contributed by atoms with van der Waals surface area (Å²) >= 11 is 0. The minimum absolute atomic E-state index is 0.0670. The van der Waals surface area contributed by atoms with Crippen LogP contribution in [0.25, 0.3) is 0 Å². The quantitative estimate of drug-likeness (QED) is 0.677. The number of rotatable bonds is 5. The number of benzene rings is 1. The molecule has 1 aromatic rings. The molecule has 0 bridgehead atoms. The van der Waals surface area contributed by atoms with Gasteiger partial charge in [-0.25, -0.2) is 13.1 Å². The van der Waals surface area contributed by atoms with Gasteiger partial charge in [-0.15, -0.1) is 0 Å². The largest absolute Gasteiger partial charge is 0.398 e. The second-order valence-electron chi connectivity index (χ2n) is 4.23. The van der Waals surface area contributed by atoms with E-state index in [1.54, 1.807) is 13.8 Å². The Morgan fingerprint density at radius 2 is 1.95 bits per heavy atom. The van der Waals surface area contributed by atoms with Crippen molar-refractivity contribution in [2.45, 2.75) is 25.7 Å². The van der Waals surface area contributed by atoms with Crippen LogP contribution in [-0.4, -0.2) is 27.4 Å². The lowest BCUT2D eigenvalue weighted by atomic mass is 10.1. The molecule has 0 atom stereocenters. The van der Waals surface area contributed by atoms with E-state index in [0.29, 0.717) is 12.2 Å². The monoisotopic (exact) mass is 285 g/mol. The Kier molecular flexibility index (Phi) is 4.90. The van der Waals surface area contributed by atoms with Crippen molar-refractivity contribution in [1.29, 1.82) is 0 Å². The van der Waals surface area contributed by atoms with Gasteiger partial charge in [0.2, 0.25) is 15.9 Å². The van der Waals surface area contributed by atoms with Gasteiger partial charge in [0.1, 0.15) is 0 Å². The van der Waals surface area contributed by atoms with Gasteiger partial charge in [-0.3, -0.25) is 4.79 Å². The van der Waals surface area contributed by atoms with Gasteiger partial charge in [0.05, 0.1) is 11.4 Å². The van der Waals surface area contributed by atoms with Gasteiger partial charge in [-0.2, -0.15) is 0 Å². The van der Waals surface area contributed by atoms with E-state index < -0.39 is 10.0 Å². The molecule has 0 unspecified atom stereocenters. The number of hydrogen-bond donors (Lipinski definition) is 3. The number of carbonyl (C=O) groups is 1. The molecule has 0 aromatic heterocycles. The number of anilines is 1. The average molecular weight is 285 g/mol. The lowest BCUT2D eigenvalue weighted by Gasteiger charge is -2.10. The fourth-order valence-corrected chi connectivity index (χ4v) is 2.61. The van der Waals surface area contributed by atoms with E-state index >= 15 is 0 Å². The van der Waals surface area contributed by atoms with E-state index in [-0.39, 0.29) is 17.3 Å². The van der Waals surface area contributed by atoms with Crippen molar-refractivity contribution >= 4 is 21.6 Å². The first-order valence-corrected chi connectivity index (χ1v) is 7.39. The van der Waals surface area contributed by atoms with Crippen molar-refractivity contribution in [2.24, 2.45) is 0 Å². The fraction of sp³-hybridized carbons (Fsp3) is 0.417. The van der Waals surface area contributed by atoms with E-state index in [1.807, 2.05) is 6.92 Å². The van der Waals surface area contributed by atoms with Gasteiger partial charge in [0, 0.05) is 12.2 Å². The first-order valence-electron chi connectivity index (χ1n) is 5.91. The number of nitrogen functional groups attached to an aromatic ring is 1. The zero-order valence-corrected chi connectivity index (χ0v) is 12.1. The molecule has 106 valence electrons. The molecule has 7 heteroatoms. The standard InChI is InChI=1S/C12H19N3O3S/c1-4-14-12(16)7-15-19(17,18)10-5-8(2)9(3)11(13)6-10/h5-6,15H,4,7,13H2,1-3H3,(H,14,16). The maximum absolute atomic E-state index is 12.0. The zero-order valence-electron chi connectivity index (χ0n) is 11.3. The third kappa shape index (κ3) is 3.93. The average Bonchev–Trinajstić information content (AvgIpc) is 2.33. The van der Waals surface area contributed by atoms with Gasteiger partial charge in [-0.05, 0) is 44.0 Å². The number of nitrogens with one attached hydrogen (secondary N) is 2. The first kappa shape index (κ1) is 15.5. The van der Waals surface area contributed by atoms with Crippen molar-refractivity contribution in [1.82, 2.24) is 10.0 Å². The highest BCUT2D eigenvalue weighted by Gasteiger charge is 2.17. The molecule has 1 rings (SSSR count). The summed E-state index contributed by atoms with van der Waals surface area (Å²) < 4.78 is 26.3. The van der Waals surface area contributed by atoms with Crippen molar-refractivity contribution in [3.63, 3.8) is 0 Å². The number of aryl methyl sites for hydroxylation is 1. The van der Waals surface area contributed by atoms with Crippen LogP contribution in [0.1, 0.15) is 18.1 Å².